The van der Waals surface area contributed by atoms with Crippen LogP contribution in [0.2, 0.25) is 0 Å². The third-order valence-electron chi connectivity index (χ3n) is 2.46. The average Bonchev–Trinajstić information content (AvgIpc) is 2.67. The molecule has 2 rings (SSSR count). The van der Waals surface area contributed by atoms with Crippen LogP contribution < -0.4 is 0 Å². The Balaban J connectivity index is 2.96. The number of pyridine rings is 1. The Morgan fingerprint density at radius 2 is 1.50 bits per heavy atom. The highest BCUT2D eigenvalue weighted by atomic mass is 16.4. The van der Waals surface area contributed by atoms with Gasteiger partial charge < -0.3 is 15.3 Å². The molecule has 0 radical (unpaired) electrons. The number of nitrogens with zero attached hydrogens (tertiary/aromatic N) is 1. The van der Waals surface area contributed by atoms with Gasteiger partial charge in [-0.15, -0.1) is 0 Å². The van der Waals surface area contributed by atoms with E-state index in [4.69, 9.17) is 15.3 Å². The molecule has 2 aromatic rings. The molecule has 0 aliphatic rings. The predicted octanol–water partition coefficient (Wildman–Crippen LogP) is 1.03. The van der Waals surface area contributed by atoms with Crippen molar-refractivity contribution in [2.75, 3.05) is 0 Å². The van der Waals surface area contributed by atoms with Crippen molar-refractivity contribution in [3.8, 4) is 0 Å². The first-order valence-electron chi connectivity index (χ1n) is 4.78. The van der Waals surface area contributed by atoms with Crippen LogP contribution in [0.15, 0.2) is 24.3 Å². The van der Waals surface area contributed by atoms with Gasteiger partial charge in [0.05, 0.1) is 11.1 Å². The molecule has 0 amide bonds. The predicted molar refractivity (Wildman–Crippen MR) is 58.3 cm³/mol. The largest absolute Gasteiger partial charge is 0.478 e. The topological polar surface area (TPSA) is 116 Å². The minimum absolute atomic E-state index is 0.0276. The summed E-state index contributed by atoms with van der Waals surface area (Å²) >= 11 is 0. The number of carboxylic acids is 3. The Morgan fingerprint density at radius 3 is 2.00 bits per heavy atom. The van der Waals surface area contributed by atoms with Crippen LogP contribution >= 0.6 is 0 Å². The maximum Gasteiger partial charge on any atom is 0.352 e. The molecule has 0 saturated carbocycles. The number of carbonyl (C=O) groups is 3. The van der Waals surface area contributed by atoms with E-state index in [-0.39, 0.29) is 16.8 Å². The number of hydrogen-bond acceptors (Lipinski definition) is 3. The molecule has 7 nitrogen and oxygen atoms in total. The molecule has 3 N–H and O–H groups in total. The van der Waals surface area contributed by atoms with Gasteiger partial charge in [-0.25, -0.2) is 14.4 Å². The normalized spacial score (nSPS) is 10.4. The van der Waals surface area contributed by atoms with E-state index in [9.17, 15) is 14.4 Å². The summed E-state index contributed by atoms with van der Waals surface area (Å²) in [4.78, 5) is 33.0. The highest BCUT2D eigenvalue weighted by Crippen LogP contribution is 2.20. The van der Waals surface area contributed by atoms with E-state index >= 15 is 0 Å². The summed E-state index contributed by atoms with van der Waals surface area (Å²) in [6, 6.07) is 4.85. The van der Waals surface area contributed by atoms with E-state index in [0.717, 1.165) is 10.5 Å². The van der Waals surface area contributed by atoms with Gasteiger partial charge in [-0.3, -0.25) is 4.40 Å². The highest BCUT2D eigenvalue weighted by Gasteiger charge is 2.22. The molecule has 0 aliphatic heterocycles. The van der Waals surface area contributed by atoms with Crippen molar-refractivity contribution in [3.05, 3.63) is 41.2 Å². The van der Waals surface area contributed by atoms with Crippen molar-refractivity contribution in [1.82, 2.24) is 4.40 Å². The summed E-state index contributed by atoms with van der Waals surface area (Å²) in [6.07, 6.45) is 0. The molecule has 92 valence electrons. The van der Waals surface area contributed by atoms with E-state index in [1.807, 2.05) is 0 Å². The first-order chi connectivity index (χ1) is 8.43. The number of aromatic nitrogens is 1. The van der Waals surface area contributed by atoms with Gasteiger partial charge in [0.1, 0.15) is 11.4 Å². The van der Waals surface area contributed by atoms with E-state index in [0.29, 0.717) is 0 Å². The number of aromatic carboxylic acids is 3. The van der Waals surface area contributed by atoms with Gasteiger partial charge in [-0.2, -0.15) is 0 Å². The van der Waals surface area contributed by atoms with Crippen LogP contribution in [-0.4, -0.2) is 37.6 Å². The Kier molecular flexibility index (Phi) is 2.51. The molecule has 0 unspecified atom stereocenters. The molecular formula is C11H7NO6. The maximum absolute atomic E-state index is 11.0. The Labute approximate surface area is 99.5 Å². The molecule has 18 heavy (non-hydrogen) atoms. The minimum Gasteiger partial charge on any atom is -0.478 e. The fourth-order valence-corrected chi connectivity index (χ4v) is 1.75. The summed E-state index contributed by atoms with van der Waals surface area (Å²) in [5.41, 5.74) is -0.937. The van der Waals surface area contributed by atoms with Crippen molar-refractivity contribution < 1.29 is 29.7 Å². The Bertz CT molecular complexity index is 684. The molecule has 0 fully saturated rings. The molecule has 0 saturated heterocycles. The van der Waals surface area contributed by atoms with Crippen molar-refractivity contribution in [2.45, 2.75) is 0 Å². The first-order valence-corrected chi connectivity index (χ1v) is 4.78. The lowest BCUT2D eigenvalue weighted by Gasteiger charge is -2.03. The van der Waals surface area contributed by atoms with Gasteiger partial charge in [0.2, 0.25) is 0 Å². The summed E-state index contributed by atoms with van der Waals surface area (Å²) in [5, 5.41) is 26.9. The van der Waals surface area contributed by atoms with Gasteiger partial charge in [0.25, 0.3) is 0 Å². The van der Waals surface area contributed by atoms with Crippen molar-refractivity contribution in [1.29, 1.82) is 0 Å². The van der Waals surface area contributed by atoms with Gasteiger partial charge in [-0.05, 0) is 18.2 Å². The van der Waals surface area contributed by atoms with Crippen LogP contribution in [-0.2, 0) is 0 Å². The van der Waals surface area contributed by atoms with Crippen LogP contribution in [0.3, 0.4) is 0 Å². The molecule has 0 bridgehead atoms. The summed E-state index contributed by atoms with van der Waals surface area (Å²) in [7, 11) is 0. The van der Waals surface area contributed by atoms with Crippen molar-refractivity contribution in [2.24, 2.45) is 0 Å². The van der Waals surface area contributed by atoms with Gasteiger partial charge in [0.15, 0.2) is 0 Å². The van der Waals surface area contributed by atoms with Crippen LogP contribution in [0.4, 0.5) is 0 Å². The summed E-state index contributed by atoms with van der Waals surface area (Å²) in [6.45, 7) is 0. The van der Waals surface area contributed by atoms with Crippen molar-refractivity contribution >= 4 is 23.4 Å². The zero-order chi connectivity index (χ0) is 13.4. The van der Waals surface area contributed by atoms with E-state index < -0.39 is 23.6 Å². The molecule has 0 aliphatic carbocycles. The zero-order valence-electron chi connectivity index (χ0n) is 8.82. The van der Waals surface area contributed by atoms with E-state index in [2.05, 4.69) is 0 Å². The highest BCUT2D eigenvalue weighted by molar-refractivity contribution is 6.02. The number of carboxylic acid groups (broad SMARTS) is 3. The first kappa shape index (κ1) is 11.6. The van der Waals surface area contributed by atoms with Crippen LogP contribution in [0.25, 0.3) is 5.52 Å². The van der Waals surface area contributed by atoms with Gasteiger partial charge >= 0.3 is 17.9 Å². The SMILES string of the molecule is O=C(O)c1cc(C(=O)O)n2c(C(=O)O)cccc12. The lowest BCUT2D eigenvalue weighted by molar-refractivity contribution is 0.0675. The molecule has 7 heteroatoms. The van der Waals surface area contributed by atoms with Crippen LogP contribution in [0.1, 0.15) is 31.3 Å². The smallest absolute Gasteiger partial charge is 0.352 e. The van der Waals surface area contributed by atoms with Crippen molar-refractivity contribution in [3.63, 3.8) is 0 Å². The van der Waals surface area contributed by atoms with E-state index in [1.54, 1.807) is 0 Å². The van der Waals surface area contributed by atoms with Crippen LogP contribution in [0, 0.1) is 0 Å². The lowest BCUT2D eigenvalue weighted by atomic mass is 10.2. The average molecular weight is 249 g/mol. The second-order valence-electron chi connectivity index (χ2n) is 3.49. The molecular weight excluding hydrogens is 242 g/mol. The summed E-state index contributed by atoms with van der Waals surface area (Å²) < 4.78 is 0.897. The van der Waals surface area contributed by atoms with E-state index in [1.165, 1.54) is 18.2 Å². The monoisotopic (exact) mass is 249 g/mol. The molecule has 0 atom stereocenters. The van der Waals surface area contributed by atoms with Gasteiger partial charge in [0, 0.05) is 0 Å². The quantitative estimate of drug-likeness (QED) is 0.748. The number of hydrogen-bond donors (Lipinski definition) is 3. The van der Waals surface area contributed by atoms with Gasteiger partial charge in [-0.1, -0.05) is 6.07 Å². The standard InChI is InChI=1S/C11H7NO6/c13-9(14)5-4-8(11(17)18)12-6(5)2-1-3-7(12)10(15)16/h1-4H,(H,13,14)(H,15,16)(H,17,18). The number of fused-ring (bicyclic) bond motifs is 1. The Hall–Kier alpha value is -2.83. The number of rotatable bonds is 3. The lowest BCUT2D eigenvalue weighted by Crippen LogP contribution is -2.10. The zero-order valence-corrected chi connectivity index (χ0v) is 8.82. The van der Waals surface area contributed by atoms with Crippen LogP contribution in [0.5, 0.6) is 0 Å². The molecule has 0 spiro atoms. The summed E-state index contributed by atoms with van der Waals surface area (Å²) in [5.74, 6) is -4.05. The fraction of sp³-hybridized carbons (Fsp3) is 0. The minimum atomic E-state index is -1.40. The third-order valence-corrected chi connectivity index (χ3v) is 2.46. The third kappa shape index (κ3) is 1.58. The molecule has 2 aromatic heterocycles. The second kappa shape index (κ2) is 3.88. The molecule has 2 heterocycles. The Morgan fingerprint density at radius 1 is 0.889 bits per heavy atom. The maximum atomic E-state index is 11.0. The second-order valence-corrected chi connectivity index (χ2v) is 3.49. The molecule has 0 aromatic carbocycles. The fourth-order valence-electron chi connectivity index (χ4n) is 1.75.